The standard InChI is InChI=1S/C21H24N2O2/c1-17-5-7-18(8-6-17)3-2-4-21(24)23-14-11-20(15-23)25-16-19-9-12-22-13-10-19/h2-3,5-10,12-13,20H,4,11,14-16H2,1H3/b3-2+. The van der Waals surface area contributed by atoms with Crippen LogP contribution in [0.1, 0.15) is 29.5 Å². The number of rotatable bonds is 6. The van der Waals surface area contributed by atoms with Crippen molar-refractivity contribution in [1.29, 1.82) is 0 Å². The van der Waals surface area contributed by atoms with Gasteiger partial charge >= 0.3 is 0 Å². The lowest BCUT2D eigenvalue weighted by atomic mass is 10.1. The van der Waals surface area contributed by atoms with Gasteiger partial charge in [-0.05, 0) is 36.6 Å². The molecule has 1 amide bonds. The van der Waals surface area contributed by atoms with Crippen LogP contribution >= 0.6 is 0 Å². The van der Waals surface area contributed by atoms with Crippen LogP contribution in [-0.4, -0.2) is 35.0 Å². The van der Waals surface area contributed by atoms with Gasteiger partial charge in [0.25, 0.3) is 0 Å². The number of aromatic nitrogens is 1. The molecule has 2 heterocycles. The van der Waals surface area contributed by atoms with Crippen molar-refractivity contribution in [2.45, 2.75) is 32.5 Å². The van der Waals surface area contributed by atoms with Gasteiger partial charge in [0.1, 0.15) is 0 Å². The zero-order chi connectivity index (χ0) is 17.5. The fourth-order valence-electron chi connectivity index (χ4n) is 2.89. The van der Waals surface area contributed by atoms with Crippen molar-refractivity contribution in [3.05, 3.63) is 71.6 Å². The zero-order valence-electron chi connectivity index (χ0n) is 14.6. The molecule has 4 nitrogen and oxygen atoms in total. The van der Waals surface area contributed by atoms with Gasteiger partial charge in [-0.3, -0.25) is 9.78 Å². The molecule has 3 rings (SSSR count). The van der Waals surface area contributed by atoms with E-state index in [2.05, 4.69) is 36.2 Å². The van der Waals surface area contributed by atoms with Crippen LogP contribution in [0.4, 0.5) is 0 Å². The molecule has 1 aliphatic rings. The maximum atomic E-state index is 12.3. The highest BCUT2D eigenvalue weighted by atomic mass is 16.5. The number of likely N-dealkylation sites (tertiary alicyclic amines) is 1. The van der Waals surface area contributed by atoms with Gasteiger partial charge < -0.3 is 9.64 Å². The highest BCUT2D eigenvalue weighted by Gasteiger charge is 2.25. The van der Waals surface area contributed by atoms with E-state index >= 15 is 0 Å². The second-order valence-electron chi connectivity index (χ2n) is 6.43. The SMILES string of the molecule is Cc1ccc(/C=C/CC(=O)N2CCC(OCc3ccncc3)C2)cc1. The van der Waals surface area contributed by atoms with E-state index in [9.17, 15) is 4.79 Å². The summed E-state index contributed by atoms with van der Waals surface area (Å²) < 4.78 is 5.91. The number of aryl methyl sites for hydroxylation is 1. The Morgan fingerprint density at radius 2 is 2.00 bits per heavy atom. The van der Waals surface area contributed by atoms with E-state index in [1.807, 2.05) is 29.2 Å². The maximum Gasteiger partial charge on any atom is 0.226 e. The van der Waals surface area contributed by atoms with Crippen molar-refractivity contribution in [2.75, 3.05) is 13.1 Å². The number of ether oxygens (including phenoxy) is 1. The minimum Gasteiger partial charge on any atom is -0.372 e. The molecular formula is C21H24N2O2. The third-order valence-corrected chi connectivity index (χ3v) is 4.41. The van der Waals surface area contributed by atoms with Gasteiger partial charge in [-0.25, -0.2) is 0 Å². The number of pyridine rings is 1. The van der Waals surface area contributed by atoms with Gasteiger partial charge in [0.05, 0.1) is 12.7 Å². The van der Waals surface area contributed by atoms with Crippen LogP contribution in [0.3, 0.4) is 0 Å². The first-order valence-electron chi connectivity index (χ1n) is 8.72. The summed E-state index contributed by atoms with van der Waals surface area (Å²) >= 11 is 0. The van der Waals surface area contributed by atoms with Gasteiger partial charge in [-0.2, -0.15) is 0 Å². The van der Waals surface area contributed by atoms with Crippen LogP contribution in [0, 0.1) is 6.92 Å². The number of carbonyl (C=O) groups excluding carboxylic acids is 1. The molecule has 0 saturated carbocycles. The Kier molecular flexibility index (Phi) is 5.96. The Balaban J connectivity index is 1.42. The normalized spacial score (nSPS) is 17.3. The molecule has 0 aliphatic carbocycles. The molecule has 0 N–H and O–H groups in total. The van der Waals surface area contributed by atoms with Crippen molar-refractivity contribution in [1.82, 2.24) is 9.88 Å². The second-order valence-corrected chi connectivity index (χ2v) is 6.43. The predicted molar refractivity (Wildman–Crippen MR) is 98.8 cm³/mol. The van der Waals surface area contributed by atoms with Gasteiger partial charge in [0, 0.05) is 31.9 Å². The smallest absolute Gasteiger partial charge is 0.226 e. The number of hydrogen-bond acceptors (Lipinski definition) is 3. The predicted octanol–water partition coefficient (Wildman–Crippen LogP) is 3.61. The van der Waals surface area contributed by atoms with Gasteiger partial charge in [0.2, 0.25) is 5.91 Å². The van der Waals surface area contributed by atoms with Crippen LogP contribution in [0.15, 0.2) is 54.9 Å². The van der Waals surface area contributed by atoms with Gasteiger partial charge in [-0.15, -0.1) is 0 Å². The molecular weight excluding hydrogens is 312 g/mol. The molecule has 25 heavy (non-hydrogen) atoms. The first-order chi connectivity index (χ1) is 12.2. The first-order valence-corrected chi connectivity index (χ1v) is 8.72. The largest absolute Gasteiger partial charge is 0.372 e. The Morgan fingerprint density at radius 1 is 1.24 bits per heavy atom. The van der Waals surface area contributed by atoms with Crippen molar-refractivity contribution in [3.63, 3.8) is 0 Å². The molecule has 1 atom stereocenters. The van der Waals surface area contributed by atoms with Crippen LogP contribution in [0.25, 0.3) is 6.08 Å². The molecule has 1 fully saturated rings. The van der Waals surface area contributed by atoms with Crippen molar-refractivity contribution in [3.8, 4) is 0 Å². The number of hydrogen-bond donors (Lipinski definition) is 0. The van der Waals surface area contributed by atoms with Gasteiger partial charge in [0.15, 0.2) is 0 Å². The molecule has 1 unspecified atom stereocenters. The Bertz CT molecular complexity index is 710. The second kappa shape index (κ2) is 8.58. The molecule has 2 aromatic rings. The van der Waals surface area contributed by atoms with E-state index in [-0.39, 0.29) is 12.0 Å². The molecule has 1 aliphatic heterocycles. The topological polar surface area (TPSA) is 42.4 Å². The molecule has 1 aromatic heterocycles. The summed E-state index contributed by atoms with van der Waals surface area (Å²) in [6.07, 6.45) is 8.94. The Hall–Kier alpha value is -2.46. The fourth-order valence-corrected chi connectivity index (χ4v) is 2.89. The summed E-state index contributed by atoms with van der Waals surface area (Å²) in [4.78, 5) is 18.2. The van der Waals surface area contributed by atoms with Crippen LogP contribution in [0.2, 0.25) is 0 Å². The van der Waals surface area contributed by atoms with E-state index in [0.29, 0.717) is 19.6 Å². The minimum absolute atomic E-state index is 0.123. The summed E-state index contributed by atoms with van der Waals surface area (Å²) in [5, 5.41) is 0. The summed E-state index contributed by atoms with van der Waals surface area (Å²) in [6.45, 7) is 4.10. The maximum absolute atomic E-state index is 12.3. The highest BCUT2D eigenvalue weighted by molar-refractivity contribution is 5.79. The Labute approximate surface area is 149 Å². The third-order valence-electron chi connectivity index (χ3n) is 4.41. The van der Waals surface area contributed by atoms with Gasteiger partial charge in [-0.1, -0.05) is 42.0 Å². The van der Waals surface area contributed by atoms with Crippen LogP contribution in [-0.2, 0) is 16.1 Å². The molecule has 1 saturated heterocycles. The number of amides is 1. The molecule has 4 heteroatoms. The molecule has 0 spiro atoms. The van der Waals surface area contributed by atoms with E-state index in [1.54, 1.807) is 12.4 Å². The summed E-state index contributed by atoms with van der Waals surface area (Å²) in [6, 6.07) is 12.2. The minimum atomic E-state index is 0.123. The third kappa shape index (κ3) is 5.26. The summed E-state index contributed by atoms with van der Waals surface area (Å²) in [5.74, 6) is 0.165. The van der Waals surface area contributed by atoms with Crippen molar-refractivity contribution >= 4 is 12.0 Å². The van der Waals surface area contributed by atoms with E-state index < -0.39 is 0 Å². The average Bonchev–Trinajstić information content (AvgIpc) is 3.12. The molecule has 0 radical (unpaired) electrons. The first kappa shape index (κ1) is 17.4. The number of nitrogens with zero attached hydrogens (tertiary/aromatic N) is 2. The van der Waals surface area contributed by atoms with Crippen molar-refractivity contribution in [2.24, 2.45) is 0 Å². The molecule has 1 aromatic carbocycles. The average molecular weight is 336 g/mol. The molecule has 130 valence electrons. The highest BCUT2D eigenvalue weighted by Crippen LogP contribution is 2.16. The lowest BCUT2D eigenvalue weighted by molar-refractivity contribution is -0.129. The van der Waals surface area contributed by atoms with E-state index in [0.717, 1.165) is 24.1 Å². The lowest BCUT2D eigenvalue weighted by Gasteiger charge is -2.16. The van der Waals surface area contributed by atoms with Crippen LogP contribution in [0.5, 0.6) is 0 Å². The quantitative estimate of drug-likeness (QED) is 0.809. The number of benzene rings is 1. The van der Waals surface area contributed by atoms with Crippen LogP contribution < -0.4 is 0 Å². The van der Waals surface area contributed by atoms with E-state index in [1.165, 1.54) is 5.56 Å². The zero-order valence-corrected chi connectivity index (χ0v) is 14.6. The fraction of sp³-hybridized carbons (Fsp3) is 0.333. The Morgan fingerprint density at radius 3 is 2.76 bits per heavy atom. The van der Waals surface area contributed by atoms with Crippen molar-refractivity contribution < 1.29 is 9.53 Å². The summed E-state index contributed by atoms with van der Waals surface area (Å²) in [5.41, 5.74) is 3.47. The monoisotopic (exact) mass is 336 g/mol. The summed E-state index contributed by atoms with van der Waals surface area (Å²) in [7, 11) is 0. The lowest BCUT2D eigenvalue weighted by Crippen LogP contribution is -2.29. The number of carbonyl (C=O) groups is 1. The van der Waals surface area contributed by atoms with E-state index in [4.69, 9.17) is 4.74 Å². The molecule has 0 bridgehead atoms.